The second-order valence-electron chi connectivity index (χ2n) is 5.25. The van der Waals surface area contributed by atoms with Crippen molar-refractivity contribution >= 4 is 11.7 Å². The molecule has 0 spiro atoms. The minimum atomic E-state index is -0.490. The minimum Gasteiger partial charge on any atom is -0.468 e. The number of methoxy groups -OCH3 is 1. The molecule has 1 aromatic rings. The van der Waals surface area contributed by atoms with Gasteiger partial charge in [-0.3, -0.25) is 24.8 Å². The first-order valence-electron chi connectivity index (χ1n) is 6.69. The van der Waals surface area contributed by atoms with Crippen LogP contribution < -0.4 is 0 Å². The Morgan fingerprint density at radius 1 is 1.38 bits per heavy atom. The Labute approximate surface area is 124 Å². The third-order valence-electron chi connectivity index (χ3n) is 3.53. The van der Waals surface area contributed by atoms with Crippen molar-refractivity contribution < 1.29 is 14.5 Å². The van der Waals surface area contributed by atoms with E-state index < -0.39 is 11.0 Å². The number of nitro groups is 1. The number of nitrogens with zero attached hydrogens (tertiary/aromatic N) is 3. The van der Waals surface area contributed by atoms with Crippen LogP contribution in [0.3, 0.4) is 0 Å². The zero-order valence-corrected chi connectivity index (χ0v) is 12.9. The van der Waals surface area contributed by atoms with Crippen molar-refractivity contribution in [1.82, 2.24) is 9.88 Å². The van der Waals surface area contributed by atoms with Crippen molar-refractivity contribution in [1.29, 1.82) is 0 Å². The Morgan fingerprint density at radius 2 is 2.00 bits per heavy atom. The lowest BCUT2D eigenvalue weighted by atomic mass is 10.0. The van der Waals surface area contributed by atoms with Gasteiger partial charge in [-0.1, -0.05) is 13.8 Å². The number of hydrogen-bond donors (Lipinski definition) is 0. The molecule has 0 saturated carbocycles. The van der Waals surface area contributed by atoms with E-state index in [1.165, 1.54) is 19.4 Å². The highest BCUT2D eigenvalue weighted by Gasteiger charge is 2.31. The molecule has 7 nitrogen and oxygen atoms in total. The number of carbonyl (C=O) groups excluding carboxylic acids is 1. The molecule has 1 unspecified atom stereocenters. The van der Waals surface area contributed by atoms with Gasteiger partial charge in [-0.05, 0) is 26.0 Å². The molecule has 0 fully saturated rings. The maximum Gasteiger partial charge on any atom is 0.323 e. The Bertz CT molecular complexity index is 501. The van der Waals surface area contributed by atoms with Crippen LogP contribution in [0.5, 0.6) is 0 Å². The first-order chi connectivity index (χ1) is 9.79. The van der Waals surface area contributed by atoms with Gasteiger partial charge in [-0.2, -0.15) is 0 Å². The Hall–Kier alpha value is -2.02. The molecule has 0 aliphatic heterocycles. The summed E-state index contributed by atoms with van der Waals surface area (Å²) in [5, 5.41) is 10.6. The lowest BCUT2D eigenvalue weighted by Crippen LogP contribution is -2.44. The molecular formula is C14H21N3O4. The molecule has 1 aromatic heterocycles. The smallest absolute Gasteiger partial charge is 0.323 e. The highest BCUT2D eigenvalue weighted by atomic mass is 16.6. The topological polar surface area (TPSA) is 85.6 Å². The fourth-order valence-electron chi connectivity index (χ4n) is 2.23. The summed E-state index contributed by atoms with van der Waals surface area (Å²) in [5.41, 5.74) is 0.611. The van der Waals surface area contributed by atoms with Crippen LogP contribution in [0, 0.1) is 16.0 Å². The SMILES string of the molecule is COC(=O)[C@H](C(C)C)N(C)C(C)c1ccc([N+](=O)[O-])cn1. The summed E-state index contributed by atoms with van der Waals surface area (Å²) >= 11 is 0. The van der Waals surface area contributed by atoms with Gasteiger partial charge < -0.3 is 4.74 Å². The number of likely N-dealkylation sites (N-methyl/N-ethyl adjacent to an activating group) is 1. The molecule has 21 heavy (non-hydrogen) atoms. The van der Waals surface area contributed by atoms with Crippen molar-refractivity contribution in [2.45, 2.75) is 32.9 Å². The van der Waals surface area contributed by atoms with Crippen LogP contribution >= 0.6 is 0 Å². The highest BCUT2D eigenvalue weighted by molar-refractivity contribution is 5.76. The van der Waals surface area contributed by atoms with Gasteiger partial charge in [0.25, 0.3) is 5.69 Å². The molecule has 116 valence electrons. The van der Waals surface area contributed by atoms with Crippen LogP contribution in [-0.4, -0.2) is 41.0 Å². The number of esters is 1. The average molecular weight is 295 g/mol. The average Bonchev–Trinajstić information content (AvgIpc) is 2.45. The summed E-state index contributed by atoms with van der Waals surface area (Å²) < 4.78 is 4.84. The summed E-state index contributed by atoms with van der Waals surface area (Å²) in [6.07, 6.45) is 1.22. The summed E-state index contributed by atoms with van der Waals surface area (Å²) in [4.78, 5) is 28.0. The van der Waals surface area contributed by atoms with E-state index >= 15 is 0 Å². The quantitative estimate of drug-likeness (QED) is 0.454. The number of pyridine rings is 1. The van der Waals surface area contributed by atoms with E-state index in [4.69, 9.17) is 4.74 Å². The molecule has 7 heteroatoms. The number of carbonyl (C=O) groups is 1. The van der Waals surface area contributed by atoms with E-state index in [1.807, 2.05) is 32.7 Å². The molecule has 0 amide bonds. The van der Waals surface area contributed by atoms with Crippen LogP contribution in [-0.2, 0) is 9.53 Å². The fraction of sp³-hybridized carbons (Fsp3) is 0.571. The van der Waals surface area contributed by atoms with E-state index in [-0.39, 0.29) is 23.6 Å². The van der Waals surface area contributed by atoms with Crippen LogP contribution in [0.4, 0.5) is 5.69 Å². The van der Waals surface area contributed by atoms with Gasteiger partial charge in [0, 0.05) is 12.1 Å². The molecule has 0 bridgehead atoms. The predicted molar refractivity (Wildman–Crippen MR) is 77.7 cm³/mol. The Morgan fingerprint density at radius 3 is 2.38 bits per heavy atom. The maximum atomic E-state index is 11.9. The summed E-state index contributed by atoms with van der Waals surface area (Å²) in [6, 6.07) is 2.45. The largest absolute Gasteiger partial charge is 0.468 e. The lowest BCUT2D eigenvalue weighted by Gasteiger charge is -2.33. The van der Waals surface area contributed by atoms with Gasteiger partial charge in [0.05, 0.1) is 17.7 Å². The monoisotopic (exact) mass is 295 g/mol. The van der Waals surface area contributed by atoms with Crippen molar-refractivity contribution in [3.05, 3.63) is 34.1 Å². The fourth-order valence-corrected chi connectivity index (χ4v) is 2.23. The summed E-state index contributed by atoms with van der Waals surface area (Å²) in [6.45, 7) is 5.77. The normalized spacial score (nSPS) is 14.0. The van der Waals surface area contributed by atoms with Gasteiger partial charge in [0.1, 0.15) is 12.2 Å². The summed E-state index contributed by atoms with van der Waals surface area (Å²) in [5.74, 6) is -0.232. The maximum absolute atomic E-state index is 11.9. The van der Waals surface area contributed by atoms with E-state index in [2.05, 4.69) is 4.98 Å². The molecule has 0 aliphatic carbocycles. The number of rotatable bonds is 6. The number of hydrogen-bond acceptors (Lipinski definition) is 6. The second-order valence-corrected chi connectivity index (χ2v) is 5.25. The van der Waals surface area contributed by atoms with Gasteiger partial charge in [-0.25, -0.2) is 0 Å². The Kier molecular flexibility index (Phi) is 5.78. The Balaban J connectivity index is 2.96. The van der Waals surface area contributed by atoms with Crippen molar-refractivity contribution in [2.75, 3.05) is 14.2 Å². The molecular weight excluding hydrogens is 274 g/mol. The molecule has 0 aliphatic rings. The third-order valence-corrected chi connectivity index (χ3v) is 3.53. The number of ether oxygens (including phenoxy) is 1. The van der Waals surface area contributed by atoms with Gasteiger partial charge in [0.2, 0.25) is 0 Å². The molecule has 0 saturated heterocycles. The van der Waals surface area contributed by atoms with Crippen molar-refractivity contribution in [3.63, 3.8) is 0 Å². The van der Waals surface area contributed by atoms with Crippen LogP contribution in [0.1, 0.15) is 32.5 Å². The molecule has 0 radical (unpaired) electrons. The van der Waals surface area contributed by atoms with E-state index in [1.54, 1.807) is 6.07 Å². The van der Waals surface area contributed by atoms with Crippen LogP contribution in [0.15, 0.2) is 18.3 Å². The van der Waals surface area contributed by atoms with Crippen molar-refractivity contribution in [2.24, 2.45) is 5.92 Å². The minimum absolute atomic E-state index is 0.0537. The van der Waals surface area contributed by atoms with E-state index in [0.717, 1.165) is 0 Å². The predicted octanol–water partition coefficient (Wildman–Crippen LogP) is 2.18. The molecule has 1 rings (SSSR count). The molecule has 2 atom stereocenters. The van der Waals surface area contributed by atoms with E-state index in [9.17, 15) is 14.9 Å². The summed E-state index contributed by atoms with van der Waals surface area (Å²) in [7, 11) is 3.18. The molecule has 0 aromatic carbocycles. The zero-order chi connectivity index (χ0) is 16.2. The standard InChI is InChI=1S/C14H21N3O4/c1-9(2)13(14(18)21-5)16(4)10(3)12-7-6-11(8-15-12)17(19)20/h6-10,13H,1-5H3/t10?,13-/m0/s1. The highest BCUT2D eigenvalue weighted by Crippen LogP contribution is 2.24. The lowest BCUT2D eigenvalue weighted by molar-refractivity contribution is -0.385. The van der Waals surface area contributed by atoms with Crippen molar-refractivity contribution in [3.8, 4) is 0 Å². The van der Waals surface area contributed by atoms with Crippen LogP contribution in [0.25, 0.3) is 0 Å². The van der Waals surface area contributed by atoms with E-state index in [0.29, 0.717) is 5.69 Å². The molecule has 1 heterocycles. The first-order valence-corrected chi connectivity index (χ1v) is 6.69. The first kappa shape index (κ1) is 17.0. The second kappa shape index (κ2) is 7.12. The van der Waals surface area contributed by atoms with Gasteiger partial charge >= 0.3 is 5.97 Å². The zero-order valence-electron chi connectivity index (χ0n) is 12.9. The van der Waals surface area contributed by atoms with Gasteiger partial charge in [-0.15, -0.1) is 0 Å². The third kappa shape index (κ3) is 3.98. The molecule has 0 N–H and O–H groups in total. The van der Waals surface area contributed by atoms with Gasteiger partial charge in [0.15, 0.2) is 0 Å². The number of aromatic nitrogens is 1. The van der Waals surface area contributed by atoms with Crippen LogP contribution in [0.2, 0.25) is 0 Å².